The molecule has 0 radical (unpaired) electrons. The fraction of sp³-hybridized carbons (Fsp3) is 0.647. The Balaban J connectivity index is 1.95. The summed E-state index contributed by atoms with van der Waals surface area (Å²) in [5.74, 6) is -1.86. The largest absolute Gasteiger partial charge is 0.480 e. The van der Waals surface area contributed by atoms with E-state index in [9.17, 15) is 19.5 Å². The summed E-state index contributed by atoms with van der Waals surface area (Å²) >= 11 is 0. The topological polar surface area (TPSA) is 167 Å². The molecule has 27 heavy (non-hydrogen) atoms. The Morgan fingerprint density at radius 2 is 2.19 bits per heavy atom. The zero-order chi connectivity index (χ0) is 19.8. The van der Waals surface area contributed by atoms with Gasteiger partial charge < -0.3 is 31.8 Å². The lowest BCUT2D eigenvalue weighted by atomic mass is 10.1. The Bertz CT molecular complexity index is 635. The van der Waals surface area contributed by atoms with Gasteiger partial charge in [-0.15, -0.1) is 0 Å². The zero-order valence-corrected chi connectivity index (χ0v) is 15.3. The molecule has 10 nitrogen and oxygen atoms in total. The summed E-state index contributed by atoms with van der Waals surface area (Å²) in [7, 11) is 0. The maximum Gasteiger partial charge on any atom is 0.326 e. The second kappa shape index (κ2) is 10.0. The second-order valence-corrected chi connectivity index (χ2v) is 6.76. The number of rotatable bonds is 10. The van der Waals surface area contributed by atoms with Crippen LogP contribution in [0.4, 0.5) is 0 Å². The van der Waals surface area contributed by atoms with Crippen LogP contribution in [0.25, 0.3) is 0 Å². The molecule has 150 valence electrons. The molecule has 1 fully saturated rings. The summed E-state index contributed by atoms with van der Waals surface area (Å²) in [5.41, 5.74) is 12.2. The molecule has 3 unspecified atom stereocenters. The van der Waals surface area contributed by atoms with E-state index in [1.807, 2.05) is 0 Å². The zero-order valence-electron chi connectivity index (χ0n) is 15.3. The van der Waals surface area contributed by atoms with Crippen molar-refractivity contribution in [3.05, 3.63) is 18.2 Å². The Morgan fingerprint density at radius 1 is 1.41 bits per heavy atom. The van der Waals surface area contributed by atoms with E-state index in [0.29, 0.717) is 51.6 Å². The third-order valence-electron chi connectivity index (χ3n) is 4.71. The molecule has 1 aliphatic heterocycles. The van der Waals surface area contributed by atoms with Crippen LogP contribution in [0.5, 0.6) is 0 Å². The number of carbonyl (C=O) groups excluding carboxylic acids is 2. The maximum absolute atomic E-state index is 12.7. The number of carbonyl (C=O) groups is 3. The van der Waals surface area contributed by atoms with Crippen molar-refractivity contribution in [2.24, 2.45) is 11.5 Å². The monoisotopic (exact) mass is 380 g/mol. The molecular weight excluding hydrogens is 352 g/mol. The molecule has 2 heterocycles. The number of likely N-dealkylation sites (tertiary alicyclic amines) is 1. The lowest BCUT2D eigenvalue weighted by molar-refractivity contribution is -0.144. The van der Waals surface area contributed by atoms with Gasteiger partial charge in [-0.3, -0.25) is 9.59 Å². The van der Waals surface area contributed by atoms with Gasteiger partial charge in [-0.2, -0.15) is 0 Å². The number of nitrogens with one attached hydrogen (secondary N) is 2. The van der Waals surface area contributed by atoms with E-state index in [1.165, 1.54) is 11.2 Å². The first kappa shape index (κ1) is 20.8. The number of amides is 2. The number of carboxylic acids is 1. The number of nitrogens with two attached hydrogens (primary N) is 2. The molecule has 3 atom stereocenters. The third-order valence-corrected chi connectivity index (χ3v) is 4.71. The molecule has 0 bridgehead atoms. The summed E-state index contributed by atoms with van der Waals surface area (Å²) < 4.78 is 0. The third kappa shape index (κ3) is 5.76. The van der Waals surface area contributed by atoms with Gasteiger partial charge in [-0.1, -0.05) is 0 Å². The number of imidazole rings is 1. The number of aliphatic carboxylic acids is 1. The Morgan fingerprint density at radius 3 is 2.81 bits per heavy atom. The molecule has 0 saturated carbocycles. The number of aromatic nitrogens is 2. The molecule has 1 aliphatic rings. The standard InChI is InChI=1S/C17H28N6O4/c18-6-2-1-4-13(17(26)27)22-15(24)14-5-3-7-23(14)16(25)12(19)8-11-9-20-10-21-11/h9-10,12-14H,1-8,18-19H2,(H,20,21)(H,22,24)(H,26,27). The van der Waals surface area contributed by atoms with Gasteiger partial charge >= 0.3 is 5.97 Å². The smallest absolute Gasteiger partial charge is 0.326 e. The van der Waals surface area contributed by atoms with Gasteiger partial charge in [0.15, 0.2) is 0 Å². The van der Waals surface area contributed by atoms with Gasteiger partial charge in [0.05, 0.1) is 12.4 Å². The molecule has 0 spiro atoms. The first-order valence-electron chi connectivity index (χ1n) is 9.20. The number of hydrogen-bond donors (Lipinski definition) is 5. The van der Waals surface area contributed by atoms with Crippen LogP contribution in [-0.2, 0) is 20.8 Å². The fourth-order valence-electron chi connectivity index (χ4n) is 3.25. The molecule has 1 aromatic heterocycles. The van der Waals surface area contributed by atoms with Gasteiger partial charge in [0.25, 0.3) is 0 Å². The van der Waals surface area contributed by atoms with Gasteiger partial charge in [-0.25, -0.2) is 9.78 Å². The fourth-order valence-corrected chi connectivity index (χ4v) is 3.25. The van der Waals surface area contributed by atoms with Crippen molar-refractivity contribution >= 4 is 17.8 Å². The number of hydrogen-bond acceptors (Lipinski definition) is 6. The van der Waals surface area contributed by atoms with Crippen LogP contribution in [0, 0.1) is 0 Å². The van der Waals surface area contributed by atoms with E-state index in [2.05, 4.69) is 15.3 Å². The minimum absolute atomic E-state index is 0.292. The quantitative estimate of drug-likeness (QED) is 0.323. The Kier molecular flexibility index (Phi) is 7.74. The van der Waals surface area contributed by atoms with Crippen LogP contribution in [0.1, 0.15) is 37.8 Å². The minimum atomic E-state index is -1.09. The molecule has 7 N–H and O–H groups in total. The Hall–Kier alpha value is -2.46. The number of aromatic amines is 1. The van der Waals surface area contributed by atoms with Crippen LogP contribution < -0.4 is 16.8 Å². The van der Waals surface area contributed by atoms with Crippen molar-refractivity contribution in [3.63, 3.8) is 0 Å². The summed E-state index contributed by atoms with van der Waals surface area (Å²) in [4.78, 5) is 44.9. The van der Waals surface area contributed by atoms with Crippen LogP contribution >= 0.6 is 0 Å². The molecule has 0 aliphatic carbocycles. The number of H-pyrrole nitrogens is 1. The van der Waals surface area contributed by atoms with Crippen molar-refractivity contribution in [1.29, 1.82) is 0 Å². The molecule has 1 saturated heterocycles. The first-order chi connectivity index (χ1) is 12.9. The lowest BCUT2D eigenvalue weighted by Crippen LogP contribution is -2.54. The van der Waals surface area contributed by atoms with Crippen LogP contribution in [-0.4, -0.2) is 69.0 Å². The molecule has 1 aromatic rings. The van der Waals surface area contributed by atoms with Crippen molar-refractivity contribution in [1.82, 2.24) is 20.2 Å². The number of carboxylic acid groups (broad SMARTS) is 1. The highest BCUT2D eigenvalue weighted by Gasteiger charge is 2.37. The summed E-state index contributed by atoms with van der Waals surface area (Å²) in [6, 6.07) is -2.47. The van der Waals surface area contributed by atoms with Crippen molar-refractivity contribution in [2.45, 2.75) is 56.7 Å². The Labute approximate surface area is 157 Å². The molecular formula is C17H28N6O4. The van der Waals surface area contributed by atoms with Gasteiger partial charge in [0.2, 0.25) is 11.8 Å². The minimum Gasteiger partial charge on any atom is -0.480 e. The average molecular weight is 380 g/mol. The van der Waals surface area contributed by atoms with Gasteiger partial charge in [0, 0.05) is 24.9 Å². The van der Waals surface area contributed by atoms with Gasteiger partial charge in [-0.05, 0) is 38.6 Å². The summed E-state index contributed by atoms with van der Waals surface area (Å²) in [6.45, 7) is 0.901. The first-order valence-corrected chi connectivity index (χ1v) is 9.20. The highest BCUT2D eigenvalue weighted by molar-refractivity contribution is 5.92. The van der Waals surface area contributed by atoms with E-state index in [4.69, 9.17) is 11.5 Å². The molecule has 0 aromatic carbocycles. The number of nitrogens with zero attached hydrogens (tertiary/aromatic N) is 2. The molecule has 2 amide bonds. The van der Waals surface area contributed by atoms with Crippen LogP contribution in [0.2, 0.25) is 0 Å². The highest BCUT2D eigenvalue weighted by Crippen LogP contribution is 2.19. The predicted molar refractivity (Wildman–Crippen MR) is 97.5 cm³/mol. The van der Waals surface area contributed by atoms with E-state index < -0.39 is 30.0 Å². The molecule has 10 heteroatoms. The highest BCUT2D eigenvalue weighted by atomic mass is 16.4. The van der Waals surface area contributed by atoms with E-state index in [0.717, 1.165) is 5.69 Å². The second-order valence-electron chi connectivity index (χ2n) is 6.76. The van der Waals surface area contributed by atoms with Crippen LogP contribution in [0.3, 0.4) is 0 Å². The van der Waals surface area contributed by atoms with E-state index >= 15 is 0 Å². The SMILES string of the molecule is NCCCCC(NC(=O)C1CCCN1C(=O)C(N)Cc1cnc[nH]1)C(=O)O. The maximum atomic E-state index is 12.7. The molecule has 2 rings (SSSR count). The van der Waals surface area contributed by atoms with Gasteiger partial charge in [0.1, 0.15) is 12.1 Å². The number of unbranched alkanes of at least 4 members (excludes halogenated alkanes) is 1. The lowest BCUT2D eigenvalue weighted by Gasteiger charge is -2.27. The van der Waals surface area contributed by atoms with E-state index in [-0.39, 0.29) is 5.91 Å². The summed E-state index contributed by atoms with van der Waals surface area (Å²) in [6.07, 6.45) is 6.16. The van der Waals surface area contributed by atoms with E-state index in [1.54, 1.807) is 6.20 Å². The average Bonchev–Trinajstić information content (AvgIpc) is 3.31. The predicted octanol–water partition coefficient (Wildman–Crippen LogP) is -1.03. The van der Waals surface area contributed by atoms with Crippen molar-refractivity contribution in [2.75, 3.05) is 13.1 Å². The van der Waals surface area contributed by atoms with Crippen molar-refractivity contribution < 1.29 is 19.5 Å². The van der Waals surface area contributed by atoms with Crippen LogP contribution in [0.15, 0.2) is 12.5 Å². The normalized spacial score (nSPS) is 18.9. The summed E-state index contributed by atoms with van der Waals surface area (Å²) in [5, 5.41) is 11.9. The van der Waals surface area contributed by atoms with Crippen molar-refractivity contribution in [3.8, 4) is 0 Å².